The molecular weight excluding hydrogens is 381 g/mol. The Morgan fingerprint density at radius 3 is 2.04 bits per heavy atom. The summed E-state index contributed by atoms with van der Waals surface area (Å²) in [6.45, 7) is 13.1. The zero-order valence-corrected chi connectivity index (χ0v) is 18.5. The summed E-state index contributed by atoms with van der Waals surface area (Å²) < 4.78 is 44.3. The third kappa shape index (κ3) is 5.56. The van der Waals surface area contributed by atoms with Gasteiger partial charge in [-0.15, -0.1) is 0 Å². The van der Waals surface area contributed by atoms with Crippen molar-refractivity contribution >= 4 is 28.6 Å². The molecule has 1 aliphatic rings. The molecule has 1 N–H and O–H groups in total. The Morgan fingerprint density at radius 1 is 1.07 bits per heavy atom. The minimum atomic E-state index is -3.73. The molecule has 0 saturated carbocycles. The Hall–Kier alpha value is -1.42. The van der Waals surface area contributed by atoms with Crippen LogP contribution in [0.5, 0.6) is 0 Å². The maximum atomic E-state index is 12.4. The molecule has 1 heterocycles. The largest absolute Gasteiger partial charge is 0.494 e. The molecule has 2 rings (SSSR count). The summed E-state index contributed by atoms with van der Waals surface area (Å²) in [6.07, 6.45) is -0.0392. The van der Waals surface area contributed by atoms with Crippen molar-refractivity contribution in [3.05, 3.63) is 24.3 Å². The number of carbonyl (C=O) groups is 1. The Balaban J connectivity index is 1.98. The highest BCUT2D eigenvalue weighted by atomic mass is 32.2. The molecule has 1 saturated heterocycles. The lowest BCUT2D eigenvalue weighted by Crippen LogP contribution is -2.41. The van der Waals surface area contributed by atoms with E-state index in [0.717, 1.165) is 5.46 Å². The van der Waals surface area contributed by atoms with Crippen LogP contribution in [0.4, 0.5) is 0 Å². The highest BCUT2D eigenvalue weighted by Gasteiger charge is 2.51. The fraction of sp³-hybridized carbons (Fsp3) is 0.632. The molecule has 9 heteroatoms. The van der Waals surface area contributed by atoms with Gasteiger partial charge < -0.3 is 14.0 Å². The minimum Gasteiger partial charge on any atom is -0.460 e. The van der Waals surface area contributed by atoms with Gasteiger partial charge in [-0.3, -0.25) is 4.79 Å². The summed E-state index contributed by atoms with van der Waals surface area (Å²) in [6, 6.07) is 6.33. The minimum absolute atomic E-state index is 0.0315. The molecular formula is C19H30BNO6S. The summed E-state index contributed by atoms with van der Waals surface area (Å²) in [5.41, 5.74) is -0.789. The Kier molecular flexibility index (Phi) is 6.35. The number of hydrogen-bond acceptors (Lipinski definition) is 6. The summed E-state index contributed by atoms with van der Waals surface area (Å²) in [5, 5.41) is 0. The van der Waals surface area contributed by atoms with Crippen molar-refractivity contribution in [3.63, 3.8) is 0 Å². The second kappa shape index (κ2) is 7.78. The molecule has 1 fully saturated rings. The van der Waals surface area contributed by atoms with Crippen LogP contribution >= 0.6 is 0 Å². The van der Waals surface area contributed by atoms with E-state index in [-0.39, 0.29) is 17.9 Å². The molecule has 1 aromatic rings. The number of nitrogens with one attached hydrogen (secondary N) is 1. The maximum absolute atomic E-state index is 12.4. The van der Waals surface area contributed by atoms with Crippen molar-refractivity contribution in [1.29, 1.82) is 0 Å². The third-order valence-corrected chi connectivity index (χ3v) is 6.23. The molecule has 0 amide bonds. The van der Waals surface area contributed by atoms with Crippen LogP contribution < -0.4 is 10.2 Å². The number of sulfonamides is 1. The molecule has 0 radical (unpaired) electrons. The standard InChI is InChI=1S/C19H30BNO6S/c1-17(2,3)25-16(22)12-13-21-28(23,24)15-10-8-14(9-11-15)20-26-18(4,5)19(6,7)27-20/h8-11,21H,12-13H2,1-7H3. The second-order valence-electron chi connectivity index (χ2n) is 8.89. The number of rotatable bonds is 6. The maximum Gasteiger partial charge on any atom is 0.494 e. The summed E-state index contributed by atoms with van der Waals surface area (Å²) in [7, 11) is -4.28. The molecule has 0 aromatic heterocycles. The molecule has 0 spiro atoms. The third-order valence-electron chi connectivity index (χ3n) is 4.76. The first-order valence-electron chi connectivity index (χ1n) is 9.30. The Bertz CT molecular complexity index is 796. The van der Waals surface area contributed by atoms with Crippen LogP contribution in [0.3, 0.4) is 0 Å². The average molecular weight is 411 g/mol. The van der Waals surface area contributed by atoms with Crippen LogP contribution in [-0.2, 0) is 28.9 Å². The zero-order chi connectivity index (χ0) is 21.4. The van der Waals surface area contributed by atoms with Crippen molar-refractivity contribution in [1.82, 2.24) is 4.72 Å². The number of carbonyl (C=O) groups excluding carboxylic acids is 1. The molecule has 0 bridgehead atoms. The summed E-state index contributed by atoms with van der Waals surface area (Å²) >= 11 is 0. The van der Waals surface area contributed by atoms with Crippen molar-refractivity contribution in [3.8, 4) is 0 Å². The van der Waals surface area contributed by atoms with Gasteiger partial charge >= 0.3 is 13.1 Å². The SMILES string of the molecule is CC(C)(C)OC(=O)CCNS(=O)(=O)c1ccc(B2OC(C)(C)C(C)(C)O2)cc1. The Labute approximate surface area is 168 Å². The number of ether oxygens (including phenoxy) is 1. The quantitative estimate of drug-likeness (QED) is 0.569. The lowest BCUT2D eigenvalue weighted by molar-refractivity contribution is -0.154. The smallest absolute Gasteiger partial charge is 0.460 e. The van der Waals surface area contributed by atoms with Crippen molar-refractivity contribution < 1.29 is 27.3 Å². The van der Waals surface area contributed by atoms with E-state index in [1.165, 1.54) is 12.1 Å². The summed E-state index contributed by atoms with van der Waals surface area (Å²) in [4.78, 5) is 11.8. The predicted octanol–water partition coefficient (Wildman–Crippen LogP) is 2.00. The van der Waals surface area contributed by atoms with Crippen molar-refractivity contribution in [2.45, 2.75) is 76.6 Å². The van der Waals surface area contributed by atoms with Gasteiger partial charge in [-0.05, 0) is 66.1 Å². The van der Waals surface area contributed by atoms with Gasteiger partial charge in [-0.1, -0.05) is 12.1 Å². The van der Waals surface area contributed by atoms with E-state index >= 15 is 0 Å². The lowest BCUT2D eigenvalue weighted by atomic mass is 9.79. The van der Waals surface area contributed by atoms with E-state index in [0.29, 0.717) is 0 Å². The fourth-order valence-corrected chi connectivity index (χ4v) is 3.58. The molecule has 0 atom stereocenters. The summed E-state index contributed by atoms with van der Waals surface area (Å²) in [5.74, 6) is -0.452. The molecule has 156 valence electrons. The molecule has 0 aliphatic carbocycles. The van der Waals surface area contributed by atoms with Gasteiger partial charge in [0.1, 0.15) is 5.60 Å². The number of esters is 1. The first-order valence-corrected chi connectivity index (χ1v) is 10.8. The van der Waals surface area contributed by atoms with Crippen molar-refractivity contribution in [2.75, 3.05) is 6.54 Å². The molecule has 0 unspecified atom stereocenters. The Morgan fingerprint density at radius 2 is 1.57 bits per heavy atom. The highest BCUT2D eigenvalue weighted by Crippen LogP contribution is 2.36. The van der Waals surface area contributed by atoms with Gasteiger partial charge in [0.15, 0.2) is 0 Å². The monoisotopic (exact) mass is 411 g/mol. The predicted molar refractivity (Wildman–Crippen MR) is 108 cm³/mol. The van der Waals surface area contributed by atoms with Crippen LogP contribution in [0.25, 0.3) is 0 Å². The van der Waals surface area contributed by atoms with E-state index in [1.54, 1.807) is 32.9 Å². The van der Waals surface area contributed by atoms with Gasteiger partial charge in [-0.2, -0.15) is 0 Å². The van der Waals surface area contributed by atoms with Crippen LogP contribution in [0.15, 0.2) is 29.2 Å². The topological polar surface area (TPSA) is 90.9 Å². The first-order chi connectivity index (χ1) is 12.6. The van der Waals surface area contributed by atoms with Crippen LogP contribution in [0, 0.1) is 0 Å². The van der Waals surface area contributed by atoms with Crippen LogP contribution in [0.2, 0.25) is 0 Å². The van der Waals surface area contributed by atoms with E-state index < -0.39 is 39.9 Å². The van der Waals surface area contributed by atoms with Crippen LogP contribution in [0.1, 0.15) is 54.9 Å². The van der Waals surface area contributed by atoms with E-state index in [4.69, 9.17) is 14.0 Å². The highest BCUT2D eigenvalue weighted by molar-refractivity contribution is 7.89. The second-order valence-corrected chi connectivity index (χ2v) is 10.7. The van der Waals surface area contributed by atoms with Gasteiger partial charge in [0.2, 0.25) is 10.0 Å². The normalized spacial score (nSPS) is 18.9. The van der Waals surface area contributed by atoms with Gasteiger partial charge in [-0.25, -0.2) is 13.1 Å². The van der Waals surface area contributed by atoms with Gasteiger partial charge in [0.05, 0.1) is 22.5 Å². The molecule has 7 nitrogen and oxygen atoms in total. The average Bonchev–Trinajstić information content (AvgIpc) is 2.73. The molecule has 28 heavy (non-hydrogen) atoms. The van der Waals surface area contributed by atoms with E-state index in [2.05, 4.69) is 4.72 Å². The first kappa shape index (κ1) is 22.9. The fourth-order valence-electron chi connectivity index (χ4n) is 2.55. The zero-order valence-electron chi connectivity index (χ0n) is 17.7. The van der Waals surface area contributed by atoms with Gasteiger partial charge in [0.25, 0.3) is 0 Å². The van der Waals surface area contributed by atoms with Crippen molar-refractivity contribution in [2.24, 2.45) is 0 Å². The van der Waals surface area contributed by atoms with Crippen LogP contribution in [-0.4, -0.2) is 44.9 Å². The van der Waals surface area contributed by atoms with E-state index in [1.807, 2.05) is 27.7 Å². The number of hydrogen-bond donors (Lipinski definition) is 1. The van der Waals surface area contributed by atoms with E-state index in [9.17, 15) is 13.2 Å². The van der Waals surface area contributed by atoms with Gasteiger partial charge in [0, 0.05) is 6.54 Å². The molecule has 1 aliphatic heterocycles. The number of benzene rings is 1. The molecule has 1 aromatic carbocycles. The lowest BCUT2D eigenvalue weighted by Gasteiger charge is -2.32.